The summed E-state index contributed by atoms with van der Waals surface area (Å²) in [5, 5.41) is 3.12. The van der Waals surface area contributed by atoms with Crippen molar-refractivity contribution in [2.75, 3.05) is 0 Å². The Morgan fingerprint density at radius 1 is 0.614 bits per heavy atom. The molecule has 222 valence electrons. The molecule has 0 unspecified atom stereocenters. The van der Waals surface area contributed by atoms with Gasteiger partial charge in [-0.3, -0.25) is 0 Å². The van der Waals surface area contributed by atoms with Crippen LogP contribution in [0.1, 0.15) is 27.0 Å². The fraction of sp³-hybridized carbons (Fsp3) is 0.158. The summed E-state index contributed by atoms with van der Waals surface area (Å²) in [6.07, 6.45) is -0.535. The van der Waals surface area contributed by atoms with Crippen LogP contribution in [0.15, 0.2) is 152 Å². The van der Waals surface area contributed by atoms with Crippen LogP contribution in [-0.4, -0.2) is 44.0 Å². The third-order valence-electron chi connectivity index (χ3n) is 7.31. The molecule has 5 rings (SSSR count). The number of nitrogens with one attached hydrogen (secondary N) is 1. The Kier molecular flexibility index (Phi) is 11.5. The molecule has 0 aliphatic heterocycles. The molecule has 0 radical (unpaired) electrons. The van der Waals surface area contributed by atoms with E-state index in [-0.39, 0.29) is 21.0 Å². The summed E-state index contributed by atoms with van der Waals surface area (Å²) >= 11 is 0.0374. The quantitative estimate of drug-likeness (QED) is 0.145. The van der Waals surface area contributed by atoms with Gasteiger partial charge in [0, 0.05) is 0 Å². The number of amides is 2. The second-order valence-corrected chi connectivity index (χ2v) is 12.8. The Morgan fingerprint density at radius 2 is 1.07 bits per heavy atom. The summed E-state index contributed by atoms with van der Waals surface area (Å²) in [6.45, 7) is 1.35. The van der Waals surface area contributed by atoms with E-state index in [1.165, 1.54) is 15.6 Å². The normalized spacial score (nSPS) is 12.3. The first kappa shape index (κ1) is 31.0. The molecule has 2 atom stereocenters. The van der Waals surface area contributed by atoms with E-state index in [1.54, 1.807) is 24.3 Å². The third kappa shape index (κ3) is 9.51. The first-order valence-corrected chi connectivity index (χ1v) is 16.8. The average Bonchev–Trinajstić information content (AvgIpc) is 3.07. The zero-order valence-electron chi connectivity index (χ0n) is 24.5. The fourth-order valence-corrected chi connectivity index (χ4v) is 7.21. The van der Waals surface area contributed by atoms with Crippen molar-refractivity contribution in [1.29, 1.82) is 0 Å². The number of hydrogen-bond donors (Lipinski definition) is 1. The standard InChI is InChI=1S/C38H36N2O3Se/c41-37(33-22-12-4-13-23-33)39-38(42)43-36(29-44-34-24-14-5-15-25-34)35(26-30-16-6-1-7-17-30)40(27-31-18-8-2-9-19-31)28-32-20-10-3-11-21-32/h1-25,35-36H,26-29H2,(H,39,41,42)/t35-,36+/m0/s1. The predicted molar refractivity (Wildman–Crippen MR) is 177 cm³/mol. The molecule has 5 aromatic carbocycles. The summed E-state index contributed by atoms with van der Waals surface area (Å²) in [6, 6.07) is 50.0. The Balaban J connectivity index is 1.48. The summed E-state index contributed by atoms with van der Waals surface area (Å²) in [5.41, 5.74) is 3.92. The van der Waals surface area contributed by atoms with Gasteiger partial charge in [-0.05, 0) is 0 Å². The van der Waals surface area contributed by atoms with Gasteiger partial charge in [-0.2, -0.15) is 0 Å². The Bertz CT molecular complexity index is 1530. The topological polar surface area (TPSA) is 58.6 Å². The number of rotatable bonds is 13. The van der Waals surface area contributed by atoms with Gasteiger partial charge in [0.15, 0.2) is 0 Å². The number of nitrogens with zero attached hydrogens (tertiary/aromatic N) is 1. The fourth-order valence-electron chi connectivity index (χ4n) is 5.12. The zero-order valence-corrected chi connectivity index (χ0v) is 26.2. The van der Waals surface area contributed by atoms with Gasteiger partial charge < -0.3 is 0 Å². The second-order valence-electron chi connectivity index (χ2n) is 10.5. The molecular weight excluding hydrogens is 611 g/mol. The maximum atomic E-state index is 13.4. The van der Waals surface area contributed by atoms with Crippen LogP contribution in [0.5, 0.6) is 0 Å². The molecule has 0 spiro atoms. The number of hydrogen-bond acceptors (Lipinski definition) is 4. The second kappa shape index (κ2) is 16.4. The Hall–Kier alpha value is -4.48. The Labute approximate surface area is 266 Å². The van der Waals surface area contributed by atoms with Gasteiger partial charge in [-0.25, -0.2) is 0 Å². The molecule has 0 aromatic heterocycles. The zero-order chi connectivity index (χ0) is 30.4. The van der Waals surface area contributed by atoms with Gasteiger partial charge in [0.2, 0.25) is 0 Å². The van der Waals surface area contributed by atoms with Crippen LogP contribution in [0.3, 0.4) is 0 Å². The van der Waals surface area contributed by atoms with Crippen LogP contribution in [0, 0.1) is 0 Å². The average molecular weight is 648 g/mol. The molecule has 5 nitrogen and oxygen atoms in total. The van der Waals surface area contributed by atoms with Crippen molar-refractivity contribution in [3.63, 3.8) is 0 Å². The van der Waals surface area contributed by atoms with Gasteiger partial charge in [-0.15, -0.1) is 0 Å². The molecule has 0 bridgehead atoms. The van der Waals surface area contributed by atoms with E-state index in [1.807, 2.05) is 54.6 Å². The minimum atomic E-state index is -0.731. The van der Waals surface area contributed by atoms with Gasteiger partial charge in [0.05, 0.1) is 0 Å². The van der Waals surface area contributed by atoms with E-state index in [4.69, 9.17) is 4.74 Å². The van der Waals surface area contributed by atoms with E-state index in [9.17, 15) is 9.59 Å². The molecule has 0 saturated carbocycles. The van der Waals surface area contributed by atoms with Crippen molar-refractivity contribution in [2.24, 2.45) is 0 Å². The van der Waals surface area contributed by atoms with Crippen molar-refractivity contribution in [2.45, 2.75) is 37.0 Å². The molecule has 0 aliphatic carbocycles. The van der Waals surface area contributed by atoms with Crippen molar-refractivity contribution < 1.29 is 14.3 Å². The van der Waals surface area contributed by atoms with E-state index in [0.29, 0.717) is 30.4 Å². The number of imide groups is 1. The van der Waals surface area contributed by atoms with Crippen molar-refractivity contribution >= 4 is 31.4 Å². The van der Waals surface area contributed by atoms with Gasteiger partial charge in [0.1, 0.15) is 0 Å². The number of ether oxygens (including phenoxy) is 1. The van der Waals surface area contributed by atoms with Crippen LogP contribution < -0.4 is 9.78 Å². The molecule has 2 amide bonds. The molecule has 6 heteroatoms. The summed E-state index contributed by atoms with van der Waals surface area (Å²) in [7, 11) is 0. The Morgan fingerprint density at radius 3 is 1.59 bits per heavy atom. The third-order valence-corrected chi connectivity index (χ3v) is 9.62. The SMILES string of the molecule is O=C(NC(=O)c1ccccc1)O[C@H](C[Se]c1ccccc1)[C@H](Cc1ccccc1)N(Cc1ccccc1)Cc1ccccc1. The molecule has 1 N–H and O–H groups in total. The van der Waals surface area contributed by atoms with Crippen LogP contribution >= 0.6 is 0 Å². The molecule has 5 aromatic rings. The van der Waals surface area contributed by atoms with Crippen molar-refractivity contribution in [1.82, 2.24) is 10.2 Å². The van der Waals surface area contributed by atoms with E-state index < -0.39 is 18.1 Å². The summed E-state index contributed by atoms with van der Waals surface area (Å²) in [4.78, 5) is 28.7. The minimum absolute atomic E-state index is 0.0374. The molecule has 0 saturated heterocycles. The number of carbonyl (C=O) groups is 2. The maximum absolute atomic E-state index is 13.4. The summed E-state index contributed by atoms with van der Waals surface area (Å²) < 4.78 is 7.49. The van der Waals surface area contributed by atoms with Gasteiger partial charge >= 0.3 is 267 Å². The van der Waals surface area contributed by atoms with Crippen LogP contribution in [0.25, 0.3) is 0 Å². The first-order chi connectivity index (χ1) is 21.6. The van der Waals surface area contributed by atoms with Crippen molar-refractivity contribution in [3.05, 3.63) is 174 Å². The van der Waals surface area contributed by atoms with E-state index in [0.717, 1.165) is 5.56 Å². The predicted octanol–water partition coefficient (Wildman–Crippen LogP) is 6.68. The summed E-state index contributed by atoms with van der Waals surface area (Å²) in [5.74, 6) is -0.479. The van der Waals surface area contributed by atoms with Crippen LogP contribution in [0.2, 0.25) is 5.32 Å². The first-order valence-electron chi connectivity index (χ1n) is 14.7. The van der Waals surface area contributed by atoms with Crippen molar-refractivity contribution in [3.8, 4) is 0 Å². The molecule has 0 aliphatic rings. The number of alkyl carbamates (subject to hydrolysis) is 1. The molecule has 44 heavy (non-hydrogen) atoms. The van der Waals surface area contributed by atoms with Crippen LogP contribution in [0.4, 0.5) is 4.79 Å². The van der Waals surface area contributed by atoms with E-state index in [2.05, 4.69) is 83.0 Å². The molecule has 0 heterocycles. The van der Waals surface area contributed by atoms with Gasteiger partial charge in [0.25, 0.3) is 0 Å². The van der Waals surface area contributed by atoms with Crippen LogP contribution in [-0.2, 0) is 24.2 Å². The van der Waals surface area contributed by atoms with Gasteiger partial charge in [-0.1, -0.05) is 0 Å². The van der Waals surface area contributed by atoms with E-state index >= 15 is 0 Å². The number of carbonyl (C=O) groups excluding carboxylic acids is 2. The number of benzene rings is 5. The monoisotopic (exact) mass is 648 g/mol. The molecule has 0 fully saturated rings. The molecular formula is C38H36N2O3Se.